The van der Waals surface area contributed by atoms with Crippen LogP contribution in [0, 0.1) is 6.92 Å². The Morgan fingerprint density at radius 1 is 1.25 bits per heavy atom. The number of aryl methyl sites for hydroxylation is 1. The summed E-state index contributed by atoms with van der Waals surface area (Å²) in [6, 6.07) is 8.85. The fraction of sp³-hybridized carbons (Fsp3) is 0.565. The van der Waals surface area contributed by atoms with Crippen molar-refractivity contribution in [3.63, 3.8) is 0 Å². The molecule has 0 aliphatic carbocycles. The summed E-state index contributed by atoms with van der Waals surface area (Å²) in [5.74, 6) is 0. The van der Waals surface area contributed by atoms with E-state index >= 15 is 0 Å². The summed E-state index contributed by atoms with van der Waals surface area (Å²) < 4.78 is 5.90. The van der Waals surface area contributed by atoms with Crippen molar-refractivity contribution in [3.8, 4) is 0 Å². The van der Waals surface area contributed by atoms with Crippen LogP contribution in [0.2, 0.25) is 0 Å². The van der Waals surface area contributed by atoms with Crippen LogP contribution in [0.5, 0.6) is 0 Å². The van der Waals surface area contributed by atoms with Gasteiger partial charge in [-0.15, -0.1) is 0 Å². The lowest BCUT2D eigenvalue weighted by Crippen LogP contribution is -2.47. The van der Waals surface area contributed by atoms with Crippen LogP contribution < -0.4 is 0 Å². The lowest BCUT2D eigenvalue weighted by molar-refractivity contribution is -0.00123. The maximum atomic E-state index is 12.4. The van der Waals surface area contributed by atoms with Crippen LogP contribution in [-0.2, 0) is 11.3 Å². The van der Waals surface area contributed by atoms with Gasteiger partial charge in [0.25, 0.3) is 0 Å². The normalized spacial score (nSPS) is 20.7. The predicted molar refractivity (Wildman–Crippen MR) is 111 cm³/mol. The summed E-state index contributed by atoms with van der Waals surface area (Å²) in [6.07, 6.45) is 5.69. The lowest BCUT2D eigenvalue weighted by atomic mass is 9.90. The average molecular weight is 382 g/mol. The first-order chi connectivity index (χ1) is 13.5. The number of benzene rings is 1. The maximum absolute atomic E-state index is 12.4. The number of hydrogen-bond donors (Lipinski definition) is 0. The Hall–Kier alpha value is -2.14. The number of pyridine rings is 1. The summed E-state index contributed by atoms with van der Waals surface area (Å²) >= 11 is 0. The first-order valence-electron chi connectivity index (χ1n) is 10.6. The van der Waals surface area contributed by atoms with Crippen LogP contribution in [0.15, 0.2) is 30.5 Å². The minimum atomic E-state index is -0.285. The second-order valence-electron chi connectivity index (χ2n) is 8.53. The highest BCUT2D eigenvalue weighted by Crippen LogP contribution is 2.35. The molecule has 1 spiro atoms. The van der Waals surface area contributed by atoms with E-state index in [0.29, 0.717) is 0 Å². The first kappa shape index (κ1) is 19.2. The Kier molecular flexibility index (Phi) is 5.28. The monoisotopic (exact) mass is 381 g/mol. The number of piperidine rings is 1. The molecular formula is C23H31N3O2. The van der Waals surface area contributed by atoms with Crippen molar-refractivity contribution in [2.75, 3.05) is 19.6 Å². The number of likely N-dealkylation sites (tertiary alicyclic amines) is 1. The van der Waals surface area contributed by atoms with E-state index in [4.69, 9.17) is 4.74 Å². The number of fused-ring (bicyclic) bond motifs is 1. The van der Waals surface area contributed by atoms with Gasteiger partial charge in [-0.3, -0.25) is 9.88 Å². The van der Waals surface area contributed by atoms with Gasteiger partial charge in [-0.1, -0.05) is 31.5 Å². The molecule has 5 nitrogen and oxygen atoms in total. The van der Waals surface area contributed by atoms with Gasteiger partial charge >= 0.3 is 6.09 Å². The summed E-state index contributed by atoms with van der Waals surface area (Å²) in [6.45, 7) is 9.99. The second-order valence-corrected chi connectivity index (χ2v) is 8.53. The van der Waals surface area contributed by atoms with E-state index in [1.165, 1.54) is 16.5 Å². The van der Waals surface area contributed by atoms with Crippen LogP contribution in [0.25, 0.3) is 10.9 Å². The predicted octanol–water partition coefficient (Wildman–Crippen LogP) is 4.52. The van der Waals surface area contributed by atoms with Crippen LogP contribution in [0.3, 0.4) is 0 Å². The minimum absolute atomic E-state index is 0.120. The highest BCUT2D eigenvalue weighted by Gasteiger charge is 2.47. The Morgan fingerprint density at radius 3 is 2.79 bits per heavy atom. The number of nitrogens with zero attached hydrogens (tertiary/aromatic N) is 3. The summed E-state index contributed by atoms with van der Waals surface area (Å²) in [4.78, 5) is 21.4. The maximum Gasteiger partial charge on any atom is 0.410 e. The molecule has 0 N–H and O–H groups in total. The van der Waals surface area contributed by atoms with Gasteiger partial charge in [0.2, 0.25) is 0 Å². The van der Waals surface area contributed by atoms with Gasteiger partial charge in [0.05, 0.1) is 12.1 Å². The molecule has 2 saturated heterocycles. The minimum Gasteiger partial charge on any atom is -0.441 e. The van der Waals surface area contributed by atoms with E-state index in [1.807, 2.05) is 17.2 Å². The summed E-state index contributed by atoms with van der Waals surface area (Å²) in [5, 5.41) is 1.25. The SMILES string of the molecule is CCC[C@H](C)N1CC2(CCN(Cc3ccc(C)c4ncccc34)CC2)OC1=O. The van der Waals surface area contributed by atoms with Crippen molar-refractivity contribution >= 4 is 17.0 Å². The van der Waals surface area contributed by atoms with Gasteiger partial charge in [0.1, 0.15) is 5.60 Å². The van der Waals surface area contributed by atoms with E-state index < -0.39 is 0 Å². The molecule has 2 aromatic rings. The summed E-state index contributed by atoms with van der Waals surface area (Å²) in [5.41, 5.74) is 3.35. The van der Waals surface area contributed by atoms with Crippen molar-refractivity contribution in [3.05, 3.63) is 41.6 Å². The molecule has 2 fully saturated rings. The van der Waals surface area contributed by atoms with Crippen molar-refractivity contribution in [1.29, 1.82) is 0 Å². The second kappa shape index (κ2) is 7.70. The molecule has 1 amide bonds. The van der Waals surface area contributed by atoms with Crippen molar-refractivity contribution in [2.24, 2.45) is 0 Å². The number of carbonyl (C=O) groups is 1. The van der Waals surface area contributed by atoms with E-state index in [-0.39, 0.29) is 17.7 Å². The molecule has 2 aliphatic heterocycles. The van der Waals surface area contributed by atoms with Crippen LogP contribution in [0.4, 0.5) is 4.79 Å². The molecule has 0 unspecified atom stereocenters. The quantitative estimate of drug-likeness (QED) is 0.764. The van der Waals surface area contributed by atoms with Crippen LogP contribution >= 0.6 is 0 Å². The Morgan fingerprint density at radius 2 is 2.04 bits per heavy atom. The fourth-order valence-electron chi connectivity index (χ4n) is 4.69. The van der Waals surface area contributed by atoms with Gasteiger partial charge in [-0.25, -0.2) is 4.79 Å². The Bertz CT molecular complexity index is 858. The van der Waals surface area contributed by atoms with Crippen molar-refractivity contribution in [1.82, 2.24) is 14.8 Å². The molecular weight excluding hydrogens is 350 g/mol. The Labute approximate surface area is 167 Å². The third-order valence-electron chi connectivity index (χ3n) is 6.46. The molecule has 0 bridgehead atoms. The number of hydrogen-bond acceptors (Lipinski definition) is 4. The first-order valence-corrected chi connectivity index (χ1v) is 10.6. The number of rotatable bonds is 5. The zero-order valence-corrected chi connectivity index (χ0v) is 17.3. The van der Waals surface area contributed by atoms with Gasteiger partial charge in [-0.05, 0) is 37.5 Å². The molecule has 0 radical (unpaired) electrons. The van der Waals surface area contributed by atoms with Gasteiger partial charge < -0.3 is 9.64 Å². The highest BCUT2D eigenvalue weighted by molar-refractivity contribution is 5.84. The molecule has 1 aromatic carbocycles. The zero-order valence-electron chi connectivity index (χ0n) is 17.3. The zero-order chi connectivity index (χ0) is 19.7. The van der Waals surface area contributed by atoms with E-state index in [0.717, 1.165) is 57.4 Å². The van der Waals surface area contributed by atoms with E-state index in [9.17, 15) is 4.79 Å². The number of amides is 1. The molecule has 3 heterocycles. The van der Waals surface area contributed by atoms with E-state index in [2.05, 4.69) is 48.9 Å². The topological polar surface area (TPSA) is 45.7 Å². The molecule has 0 saturated carbocycles. The standard InChI is InChI=1S/C23H31N3O2/c1-4-6-18(3)26-16-23(28-22(26)27)10-13-25(14-11-23)15-19-9-8-17(2)21-20(19)7-5-12-24-21/h5,7-9,12,18H,4,6,10-11,13-16H2,1-3H3/t18-/m0/s1. The van der Waals surface area contributed by atoms with Gasteiger partial charge in [0.15, 0.2) is 0 Å². The molecule has 150 valence electrons. The number of ether oxygens (including phenoxy) is 1. The number of aromatic nitrogens is 1. The molecule has 2 aliphatic rings. The largest absolute Gasteiger partial charge is 0.441 e. The molecule has 5 heteroatoms. The molecule has 1 atom stereocenters. The van der Waals surface area contributed by atoms with Crippen molar-refractivity contribution < 1.29 is 9.53 Å². The van der Waals surface area contributed by atoms with Crippen molar-refractivity contribution in [2.45, 2.75) is 64.6 Å². The smallest absolute Gasteiger partial charge is 0.410 e. The fourth-order valence-corrected chi connectivity index (χ4v) is 4.69. The Balaban J connectivity index is 1.42. The van der Waals surface area contributed by atoms with E-state index in [1.54, 1.807) is 0 Å². The molecule has 1 aromatic heterocycles. The van der Waals surface area contributed by atoms with Crippen LogP contribution in [-0.4, -0.2) is 52.2 Å². The third kappa shape index (κ3) is 3.60. The summed E-state index contributed by atoms with van der Waals surface area (Å²) in [7, 11) is 0. The van der Waals surface area contributed by atoms with Crippen LogP contribution in [0.1, 0.15) is 50.7 Å². The molecule has 4 rings (SSSR count). The lowest BCUT2D eigenvalue weighted by Gasteiger charge is -2.37. The van der Waals surface area contributed by atoms with Gasteiger partial charge in [-0.2, -0.15) is 0 Å². The number of carbonyl (C=O) groups excluding carboxylic acids is 1. The highest BCUT2D eigenvalue weighted by atomic mass is 16.6. The van der Waals surface area contributed by atoms with Gasteiger partial charge in [0, 0.05) is 50.1 Å². The third-order valence-corrected chi connectivity index (χ3v) is 6.46. The average Bonchev–Trinajstić information content (AvgIpc) is 3.02. The molecule has 28 heavy (non-hydrogen) atoms.